The Hall–Kier alpha value is -1.97. The summed E-state index contributed by atoms with van der Waals surface area (Å²) in [6, 6.07) is 5.64. The normalized spacial score (nSPS) is 18.6. The van der Waals surface area contributed by atoms with Crippen LogP contribution in [0.1, 0.15) is 24.8 Å². The summed E-state index contributed by atoms with van der Waals surface area (Å²) in [6.07, 6.45) is 3.99. The minimum Gasteiger partial charge on any atom is -0.375 e. The van der Waals surface area contributed by atoms with Crippen LogP contribution in [0, 0.1) is 5.92 Å². The molecule has 2 amide bonds. The lowest BCUT2D eigenvalue weighted by atomic mass is 9.96. The van der Waals surface area contributed by atoms with Crippen molar-refractivity contribution in [3.63, 3.8) is 0 Å². The molecular formula is C19H27N3O5S. The van der Waals surface area contributed by atoms with Crippen molar-refractivity contribution in [3.05, 3.63) is 23.8 Å². The minimum atomic E-state index is -3.21. The summed E-state index contributed by atoms with van der Waals surface area (Å²) in [4.78, 5) is 26.7. The van der Waals surface area contributed by atoms with Crippen LogP contribution in [0.3, 0.4) is 0 Å². The number of carbonyl (C=O) groups excluding carboxylic acids is 2. The van der Waals surface area contributed by atoms with E-state index in [9.17, 15) is 18.0 Å². The van der Waals surface area contributed by atoms with Crippen molar-refractivity contribution in [2.45, 2.75) is 25.7 Å². The standard InChI is InChI=1S/C19H27N3O5S/c1-27-13-18(23)22-9-3-4-14-5-6-16(12-17(14)22)20-19(24)15-7-10-21(11-8-15)28(2,25)26/h5-6,12,15H,3-4,7-11,13H2,1-2H3,(H,20,24). The molecule has 0 spiro atoms. The zero-order valence-corrected chi connectivity index (χ0v) is 17.1. The van der Waals surface area contributed by atoms with Crippen molar-refractivity contribution in [3.8, 4) is 0 Å². The number of benzene rings is 1. The van der Waals surface area contributed by atoms with Gasteiger partial charge in [-0.1, -0.05) is 6.07 Å². The van der Waals surface area contributed by atoms with Crippen molar-refractivity contribution in [1.82, 2.24) is 4.31 Å². The average molecular weight is 410 g/mol. The van der Waals surface area contributed by atoms with Gasteiger partial charge in [0.2, 0.25) is 15.9 Å². The fraction of sp³-hybridized carbons (Fsp3) is 0.579. The first kappa shape index (κ1) is 20.8. The molecule has 1 aromatic rings. The van der Waals surface area contributed by atoms with Gasteiger partial charge in [-0.3, -0.25) is 9.59 Å². The highest BCUT2D eigenvalue weighted by molar-refractivity contribution is 7.88. The van der Waals surface area contributed by atoms with Gasteiger partial charge in [-0.15, -0.1) is 0 Å². The molecular weight excluding hydrogens is 382 g/mol. The van der Waals surface area contributed by atoms with Crippen molar-refractivity contribution in [1.29, 1.82) is 0 Å². The van der Waals surface area contributed by atoms with E-state index >= 15 is 0 Å². The fourth-order valence-electron chi connectivity index (χ4n) is 3.81. The first-order chi connectivity index (χ1) is 13.3. The molecule has 0 atom stereocenters. The molecule has 0 aromatic heterocycles. The summed E-state index contributed by atoms with van der Waals surface area (Å²) in [5, 5.41) is 2.93. The first-order valence-corrected chi connectivity index (χ1v) is 11.3. The number of ether oxygens (including phenoxy) is 1. The van der Waals surface area contributed by atoms with Crippen molar-refractivity contribution < 1.29 is 22.7 Å². The molecule has 154 valence electrons. The van der Waals surface area contributed by atoms with Gasteiger partial charge in [0.1, 0.15) is 6.61 Å². The summed E-state index contributed by atoms with van der Waals surface area (Å²) in [6.45, 7) is 1.38. The lowest BCUT2D eigenvalue weighted by Crippen LogP contribution is -2.41. The van der Waals surface area contributed by atoms with Crippen LogP contribution in [0.4, 0.5) is 11.4 Å². The van der Waals surface area contributed by atoms with Crippen LogP contribution in [0.2, 0.25) is 0 Å². The van der Waals surface area contributed by atoms with E-state index in [2.05, 4.69) is 5.32 Å². The third-order valence-corrected chi connectivity index (χ3v) is 6.64. The second kappa shape index (κ2) is 8.59. The summed E-state index contributed by atoms with van der Waals surface area (Å²) in [7, 11) is -1.71. The molecule has 0 aliphatic carbocycles. The Balaban J connectivity index is 1.68. The fourth-order valence-corrected chi connectivity index (χ4v) is 4.68. The number of anilines is 2. The molecule has 2 heterocycles. The highest BCUT2D eigenvalue weighted by Gasteiger charge is 2.29. The van der Waals surface area contributed by atoms with Gasteiger partial charge in [-0.05, 0) is 43.4 Å². The summed E-state index contributed by atoms with van der Waals surface area (Å²) in [5.41, 5.74) is 2.54. The maximum Gasteiger partial charge on any atom is 0.252 e. The number of carbonyl (C=O) groups is 2. The highest BCUT2D eigenvalue weighted by atomic mass is 32.2. The van der Waals surface area contributed by atoms with E-state index in [-0.39, 0.29) is 24.3 Å². The second-order valence-electron chi connectivity index (χ2n) is 7.35. The summed E-state index contributed by atoms with van der Waals surface area (Å²) < 4.78 is 29.6. The number of amides is 2. The van der Waals surface area contributed by atoms with E-state index in [1.54, 1.807) is 4.90 Å². The maximum absolute atomic E-state index is 12.6. The smallest absolute Gasteiger partial charge is 0.252 e. The van der Waals surface area contributed by atoms with Crippen LogP contribution < -0.4 is 10.2 Å². The molecule has 8 nitrogen and oxygen atoms in total. The molecule has 2 aliphatic heterocycles. The Bertz CT molecular complexity index is 847. The topological polar surface area (TPSA) is 96.0 Å². The molecule has 2 aliphatic rings. The number of methoxy groups -OCH3 is 1. The predicted octanol–water partition coefficient (Wildman–Crippen LogP) is 1.22. The number of fused-ring (bicyclic) bond motifs is 1. The summed E-state index contributed by atoms with van der Waals surface area (Å²) >= 11 is 0. The number of aryl methyl sites for hydroxylation is 1. The number of hydrogen-bond acceptors (Lipinski definition) is 5. The van der Waals surface area contributed by atoms with Crippen LogP contribution in [-0.2, 0) is 30.8 Å². The van der Waals surface area contributed by atoms with Gasteiger partial charge in [0, 0.05) is 44.0 Å². The molecule has 9 heteroatoms. The quantitative estimate of drug-likeness (QED) is 0.789. The SMILES string of the molecule is COCC(=O)N1CCCc2ccc(NC(=O)C3CCN(S(C)(=O)=O)CC3)cc21. The lowest BCUT2D eigenvalue weighted by molar-refractivity contribution is -0.122. The third kappa shape index (κ3) is 4.71. The Kier molecular flexibility index (Phi) is 6.36. The molecule has 1 N–H and O–H groups in total. The van der Waals surface area contributed by atoms with Crippen LogP contribution in [0.25, 0.3) is 0 Å². The van der Waals surface area contributed by atoms with E-state index < -0.39 is 10.0 Å². The van der Waals surface area contributed by atoms with Gasteiger partial charge in [-0.2, -0.15) is 0 Å². The average Bonchev–Trinajstić information content (AvgIpc) is 2.67. The molecule has 1 aromatic carbocycles. The number of nitrogens with zero attached hydrogens (tertiary/aromatic N) is 2. The molecule has 0 radical (unpaired) electrons. The molecule has 0 bridgehead atoms. The Morgan fingerprint density at radius 3 is 2.57 bits per heavy atom. The van der Waals surface area contributed by atoms with Gasteiger partial charge in [0.15, 0.2) is 0 Å². The number of sulfonamides is 1. The van der Waals surface area contributed by atoms with Crippen molar-refractivity contribution >= 4 is 33.2 Å². The molecule has 3 rings (SSSR count). The van der Waals surface area contributed by atoms with E-state index in [0.717, 1.165) is 24.1 Å². The zero-order chi connectivity index (χ0) is 20.3. The summed E-state index contributed by atoms with van der Waals surface area (Å²) in [5.74, 6) is -0.431. The highest BCUT2D eigenvalue weighted by Crippen LogP contribution is 2.31. The van der Waals surface area contributed by atoms with Gasteiger partial charge in [0.05, 0.1) is 6.26 Å². The third-order valence-electron chi connectivity index (χ3n) is 5.33. The lowest BCUT2D eigenvalue weighted by Gasteiger charge is -2.31. The predicted molar refractivity (Wildman–Crippen MR) is 107 cm³/mol. The van der Waals surface area contributed by atoms with Crippen molar-refractivity contribution in [2.75, 3.05) is 49.8 Å². The van der Waals surface area contributed by atoms with Gasteiger partial charge < -0.3 is 15.0 Å². The van der Waals surface area contributed by atoms with Gasteiger partial charge in [0.25, 0.3) is 5.91 Å². The van der Waals surface area contributed by atoms with E-state index in [0.29, 0.717) is 38.2 Å². The monoisotopic (exact) mass is 409 g/mol. The first-order valence-electron chi connectivity index (χ1n) is 9.48. The van der Waals surface area contributed by atoms with Gasteiger partial charge in [-0.25, -0.2) is 12.7 Å². The molecule has 0 saturated carbocycles. The van der Waals surface area contributed by atoms with Crippen LogP contribution >= 0.6 is 0 Å². The number of nitrogens with one attached hydrogen (secondary N) is 1. The Morgan fingerprint density at radius 1 is 1.21 bits per heavy atom. The van der Waals surface area contributed by atoms with Crippen LogP contribution in [-0.4, -0.2) is 64.1 Å². The second-order valence-corrected chi connectivity index (χ2v) is 9.33. The van der Waals surface area contributed by atoms with Crippen LogP contribution in [0.15, 0.2) is 18.2 Å². The van der Waals surface area contributed by atoms with E-state index in [4.69, 9.17) is 4.74 Å². The molecule has 0 unspecified atom stereocenters. The van der Waals surface area contributed by atoms with Crippen molar-refractivity contribution in [2.24, 2.45) is 5.92 Å². The van der Waals surface area contributed by atoms with E-state index in [1.807, 2.05) is 18.2 Å². The largest absolute Gasteiger partial charge is 0.375 e. The van der Waals surface area contributed by atoms with Crippen LogP contribution in [0.5, 0.6) is 0 Å². The zero-order valence-electron chi connectivity index (χ0n) is 16.3. The number of piperidine rings is 1. The Labute approximate surface area is 165 Å². The number of hydrogen-bond donors (Lipinski definition) is 1. The molecule has 1 saturated heterocycles. The maximum atomic E-state index is 12.6. The Morgan fingerprint density at radius 2 is 1.93 bits per heavy atom. The molecule has 28 heavy (non-hydrogen) atoms. The minimum absolute atomic E-state index is 0.0228. The number of rotatable bonds is 5. The van der Waals surface area contributed by atoms with E-state index in [1.165, 1.54) is 17.7 Å². The van der Waals surface area contributed by atoms with Gasteiger partial charge >= 0.3 is 0 Å². The molecule has 1 fully saturated rings.